The van der Waals surface area contributed by atoms with Gasteiger partial charge in [0.1, 0.15) is 5.60 Å². The van der Waals surface area contributed by atoms with E-state index in [0.29, 0.717) is 31.0 Å². The number of aliphatic hydroxyl groups is 1. The van der Waals surface area contributed by atoms with Crippen molar-refractivity contribution in [3.63, 3.8) is 0 Å². The summed E-state index contributed by atoms with van der Waals surface area (Å²) < 4.78 is 5.51. The maximum absolute atomic E-state index is 12.6. The van der Waals surface area contributed by atoms with Gasteiger partial charge >= 0.3 is 6.09 Å². The molecule has 2 amide bonds. The number of hydrogen-bond acceptors (Lipinski definition) is 6. The number of likely N-dealkylation sites (tertiary alicyclic amines) is 2. The lowest BCUT2D eigenvalue weighted by atomic mass is 9.93. The molecule has 3 aliphatic rings. The number of hydrogen-bond donors (Lipinski definition) is 1. The molecule has 0 radical (unpaired) electrons. The third kappa shape index (κ3) is 7.10. The maximum atomic E-state index is 12.6. The van der Waals surface area contributed by atoms with Gasteiger partial charge in [-0.05, 0) is 83.2 Å². The zero-order valence-corrected chi connectivity index (χ0v) is 21.6. The number of ether oxygens (including phenoxy) is 1. The van der Waals surface area contributed by atoms with Gasteiger partial charge in [-0.15, -0.1) is 0 Å². The molecule has 0 bridgehead atoms. The molecule has 0 aromatic heterocycles. The van der Waals surface area contributed by atoms with Crippen molar-refractivity contribution in [1.29, 1.82) is 0 Å². The second kappa shape index (κ2) is 11.2. The Kier molecular flexibility index (Phi) is 8.22. The average molecular weight is 487 g/mol. The Balaban J connectivity index is 1.15. The fourth-order valence-electron chi connectivity index (χ4n) is 5.25. The Morgan fingerprint density at radius 2 is 1.54 bits per heavy atom. The van der Waals surface area contributed by atoms with E-state index in [4.69, 9.17) is 4.74 Å². The monoisotopic (exact) mass is 486 g/mol. The molecule has 8 nitrogen and oxygen atoms in total. The van der Waals surface area contributed by atoms with Crippen LogP contribution in [0.2, 0.25) is 0 Å². The first kappa shape index (κ1) is 25.8. The number of amides is 2. The summed E-state index contributed by atoms with van der Waals surface area (Å²) in [5.74, 6) is 0.684. The van der Waals surface area contributed by atoms with Crippen LogP contribution in [-0.2, 0) is 4.74 Å². The number of anilines is 1. The number of carbonyl (C=O) groups is 2. The molecule has 0 spiro atoms. The molecule has 8 heteroatoms. The van der Waals surface area contributed by atoms with Crippen molar-refractivity contribution < 1.29 is 19.4 Å². The standard InChI is InChI=1S/C27H42N4O4/c1-27(2,3)35-26(34)30-13-9-21(10-14-30)8-12-28-16-18-29(19-17-28)23-6-4-22(5-7-23)25(33)31-15-11-24(32)20-31/h4-7,21,24,32H,8-20H2,1-3H3. The normalized spacial score (nSPS) is 22.5. The first-order valence-electron chi connectivity index (χ1n) is 13.2. The molecule has 1 aromatic carbocycles. The van der Waals surface area contributed by atoms with Crippen LogP contribution < -0.4 is 4.90 Å². The summed E-state index contributed by atoms with van der Waals surface area (Å²) in [4.78, 5) is 33.4. The quantitative estimate of drug-likeness (QED) is 0.690. The molecule has 3 saturated heterocycles. The molecule has 1 N–H and O–H groups in total. The van der Waals surface area contributed by atoms with Gasteiger partial charge < -0.3 is 24.5 Å². The number of aliphatic hydroxyl groups excluding tert-OH is 1. The van der Waals surface area contributed by atoms with Crippen molar-refractivity contribution in [1.82, 2.24) is 14.7 Å². The lowest BCUT2D eigenvalue weighted by Gasteiger charge is -2.38. The van der Waals surface area contributed by atoms with Gasteiger partial charge in [-0.25, -0.2) is 4.79 Å². The van der Waals surface area contributed by atoms with Crippen LogP contribution in [0.4, 0.5) is 10.5 Å². The van der Waals surface area contributed by atoms with Crippen molar-refractivity contribution >= 4 is 17.7 Å². The zero-order chi connectivity index (χ0) is 25.0. The van der Waals surface area contributed by atoms with Crippen molar-refractivity contribution in [2.24, 2.45) is 5.92 Å². The maximum Gasteiger partial charge on any atom is 0.410 e. The molecule has 4 rings (SSSR count). The Hall–Kier alpha value is -2.32. The fraction of sp³-hybridized carbons (Fsp3) is 0.704. The highest BCUT2D eigenvalue weighted by Crippen LogP contribution is 2.24. The van der Waals surface area contributed by atoms with E-state index in [2.05, 4.69) is 9.80 Å². The predicted octanol–water partition coefficient (Wildman–Crippen LogP) is 3.05. The largest absolute Gasteiger partial charge is 0.444 e. The minimum atomic E-state index is -0.437. The lowest BCUT2D eigenvalue weighted by molar-refractivity contribution is 0.0177. The Bertz CT molecular complexity index is 853. The molecule has 0 aliphatic carbocycles. The highest BCUT2D eigenvalue weighted by Gasteiger charge is 2.28. The summed E-state index contributed by atoms with van der Waals surface area (Å²) >= 11 is 0. The molecule has 3 heterocycles. The van der Waals surface area contributed by atoms with Crippen molar-refractivity contribution in [3.8, 4) is 0 Å². The number of piperazine rings is 1. The van der Waals surface area contributed by atoms with Crippen molar-refractivity contribution in [3.05, 3.63) is 29.8 Å². The number of nitrogens with zero attached hydrogens (tertiary/aromatic N) is 4. The van der Waals surface area contributed by atoms with E-state index < -0.39 is 5.60 Å². The lowest BCUT2D eigenvalue weighted by Crippen LogP contribution is -2.47. The van der Waals surface area contributed by atoms with E-state index in [1.807, 2.05) is 49.9 Å². The molecule has 1 atom stereocenters. The molecule has 1 unspecified atom stereocenters. The summed E-state index contributed by atoms with van der Waals surface area (Å²) in [7, 11) is 0. The number of benzene rings is 1. The number of rotatable bonds is 5. The van der Waals surface area contributed by atoms with Crippen molar-refractivity contribution in [2.45, 2.75) is 58.2 Å². The van der Waals surface area contributed by atoms with E-state index in [1.165, 1.54) is 6.42 Å². The van der Waals surface area contributed by atoms with Crippen LogP contribution in [-0.4, -0.2) is 102 Å². The number of piperidine rings is 1. The summed E-state index contributed by atoms with van der Waals surface area (Å²) in [5, 5.41) is 9.68. The second-order valence-corrected chi connectivity index (χ2v) is 11.3. The fourth-order valence-corrected chi connectivity index (χ4v) is 5.25. The van der Waals surface area contributed by atoms with Gasteiger partial charge in [0.05, 0.1) is 6.10 Å². The van der Waals surface area contributed by atoms with Crippen molar-refractivity contribution in [2.75, 3.05) is 63.8 Å². The third-order valence-electron chi connectivity index (χ3n) is 7.42. The first-order valence-corrected chi connectivity index (χ1v) is 13.2. The summed E-state index contributed by atoms with van der Waals surface area (Å²) in [6.45, 7) is 13.6. The summed E-state index contributed by atoms with van der Waals surface area (Å²) in [5.41, 5.74) is 1.42. The van der Waals surface area contributed by atoms with Gasteiger partial charge in [0.2, 0.25) is 0 Å². The zero-order valence-electron chi connectivity index (χ0n) is 21.6. The second-order valence-electron chi connectivity index (χ2n) is 11.3. The van der Waals surface area contributed by atoms with Crippen LogP contribution in [0.1, 0.15) is 56.8 Å². The van der Waals surface area contributed by atoms with E-state index in [9.17, 15) is 14.7 Å². The van der Waals surface area contributed by atoms with E-state index in [-0.39, 0.29) is 18.1 Å². The SMILES string of the molecule is CC(C)(C)OC(=O)N1CCC(CCN2CCN(c3ccc(C(=O)N4CCC(O)C4)cc3)CC2)CC1. The van der Waals surface area contributed by atoms with Gasteiger partial charge in [-0.1, -0.05) is 0 Å². The minimum Gasteiger partial charge on any atom is -0.444 e. The summed E-state index contributed by atoms with van der Waals surface area (Å²) in [6.07, 6.45) is 3.39. The van der Waals surface area contributed by atoms with Gasteiger partial charge in [0.25, 0.3) is 5.91 Å². The van der Waals surface area contributed by atoms with Crippen LogP contribution >= 0.6 is 0 Å². The minimum absolute atomic E-state index is 0.00912. The Labute approximate surface area is 209 Å². The first-order chi connectivity index (χ1) is 16.7. The van der Waals surface area contributed by atoms with E-state index in [0.717, 1.165) is 64.3 Å². The van der Waals surface area contributed by atoms with E-state index >= 15 is 0 Å². The number of β-amino-alcohol motifs (C(OH)–C–C–N with tert-alkyl or cyclic N) is 1. The highest BCUT2D eigenvalue weighted by molar-refractivity contribution is 5.94. The molecular formula is C27H42N4O4. The number of carbonyl (C=O) groups excluding carboxylic acids is 2. The van der Waals surface area contributed by atoms with Crippen LogP contribution in [0.3, 0.4) is 0 Å². The topological polar surface area (TPSA) is 76.6 Å². The highest BCUT2D eigenvalue weighted by atomic mass is 16.6. The average Bonchev–Trinajstić information content (AvgIpc) is 3.28. The molecule has 3 aliphatic heterocycles. The molecule has 0 saturated carbocycles. The van der Waals surface area contributed by atoms with E-state index in [1.54, 1.807) is 4.90 Å². The predicted molar refractivity (Wildman–Crippen MR) is 137 cm³/mol. The molecule has 194 valence electrons. The van der Waals surface area contributed by atoms with Gasteiger partial charge in [-0.2, -0.15) is 0 Å². The van der Waals surface area contributed by atoms with Crippen LogP contribution in [0.15, 0.2) is 24.3 Å². The molecular weight excluding hydrogens is 444 g/mol. The Morgan fingerprint density at radius 1 is 0.914 bits per heavy atom. The third-order valence-corrected chi connectivity index (χ3v) is 7.42. The molecule has 3 fully saturated rings. The summed E-state index contributed by atoms with van der Waals surface area (Å²) in [6, 6.07) is 7.93. The Morgan fingerprint density at radius 3 is 2.11 bits per heavy atom. The van der Waals surface area contributed by atoms with Crippen LogP contribution in [0.25, 0.3) is 0 Å². The van der Waals surface area contributed by atoms with Gasteiger partial charge in [0, 0.05) is 63.6 Å². The van der Waals surface area contributed by atoms with Gasteiger partial charge in [0.15, 0.2) is 0 Å². The molecule has 35 heavy (non-hydrogen) atoms. The molecule has 1 aromatic rings. The van der Waals surface area contributed by atoms with Gasteiger partial charge in [-0.3, -0.25) is 9.69 Å². The smallest absolute Gasteiger partial charge is 0.410 e. The van der Waals surface area contributed by atoms with Crippen LogP contribution in [0, 0.1) is 5.92 Å². The van der Waals surface area contributed by atoms with Crippen LogP contribution in [0.5, 0.6) is 0 Å².